The van der Waals surface area contributed by atoms with Gasteiger partial charge in [0.2, 0.25) is 23.6 Å². The Morgan fingerprint density at radius 3 is 1.47 bits per heavy atom. The molecule has 0 aromatic carbocycles. The highest BCUT2D eigenvalue weighted by Gasteiger charge is 2.40. The van der Waals surface area contributed by atoms with Crippen molar-refractivity contribution in [2.45, 2.75) is 35.4 Å². The van der Waals surface area contributed by atoms with Crippen molar-refractivity contribution in [1.82, 2.24) is 9.80 Å². The Labute approximate surface area is 212 Å². The van der Waals surface area contributed by atoms with Crippen LogP contribution >= 0.6 is 45.1 Å². The third kappa shape index (κ3) is 8.05. The van der Waals surface area contributed by atoms with Crippen LogP contribution in [0.15, 0.2) is 0 Å². The highest BCUT2D eigenvalue weighted by molar-refractivity contribution is 8.76. The topological polar surface area (TPSA) is 201 Å². The van der Waals surface area contributed by atoms with Gasteiger partial charge in [-0.2, -0.15) is 0 Å². The Morgan fingerprint density at radius 2 is 1.15 bits per heavy atom. The molecule has 2 fully saturated rings. The summed E-state index contributed by atoms with van der Waals surface area (Å²) in [5.41, 5.74) is 10.9. The normalized spacial score (nSPS) is 22.5. The third-order valence-electron chi connectivity index (χ3n) is 4.87. The molecule has 34 heavy (non-hydrogen) atoms. The van der Waals surface area contributed by atoms with Gasteiger partial charge in [0.25, 0.3) is 0 Å². The first-order valence-electron chi connectivity index (χ1n) is 10.2. The maximum Gasteiger partial charge on any atom is 0.321 e. The molecular formula is C18H26N4O8S4. The van der Waals surface area contributed by atoms with Crippen LogP contribution in [0, 0.1) is 0 Å². The van der Waals surface area contributed by atoms with E-state index < -0.39 is 34.5 Å². The van der Waals surface area contributed by atoms with E-state index in [2.05, 4.69) is 0 Å². The van der Waals surface area contributed by atoms with Gasteiger partial charge in [-0.1, -0.05) is 21.6 Å². The fourth-order valence-corrected chi connectivity index (χ4v) is 7.12. The molecule has 0 saturated carbocycles. The lowest BCUT2D eigenvalue weighted by atomic mass is 10.3. The summed E-state index contributed by atoms with van der Waals surface area (Å²) in [5, 5.41) is 16.4. The summed E-state index contributed by atoms with van der Waals surface area (Å²) < 4.78 is 0. The number of carbonyl (C=O) groups excluding carboxylic acids is 4. The van der Waals surface area contributed by atoms with Gasteiger partial charge in [0.05, 0.1) is 10.5 Å². The van der Waals surface area contributed by atoms with Gasteiger partial charge in [0, 0.05) is 48.9 Å². The molecule has 6 N–H and O–H groups in total. The number of carbonyl (C=O) groups is 6. The van der Waals surface area contributed by atoms with Crippen molar-refractivity contribution in [3.05, 3.63) is 0 Å². The number of hydrogen-bond donors (Lipinski definition) is 4. The first-order chi connectivity index (χ1) is 16.0. The number of imide groups is 2. The standard InChI is InChI=1S/C18H26N4O8S4/c19-9(17(27)28)7-31-11-5-13(23)21(15(11)25)1-3-33-34-4-2-22-14(24)6-12(16(22)26)32-8-10(20)18(29)30/h9-12H,1-8,19-20H2,(H,27,28)(H,29,30). The van der Waals surface area contributed by atoms with Crippen LogP contribution in [-0.4, -0.2) is 114 Å². The Balaban J connectivity index is 1.65. The van der Waals surface area contributed by atoms with Gasteiger partial charge in [-0.3, -0.25) is 38.6 Å². The average molecular weight is 555 g/mol. The fourth-order valence-electron chi connectivity index (χ4n) is 2.99. The van der Waals surface area contributed by atoms with Crippen molar-refractivity contribution in [1.29, 1.82) is 0 Å². The monoisotopic (exact) mass is 554 g/mol. The van der Waals surface area contributed by atoms with Gasteiger partial charge in [-0.15, -0.1) is 23.5 Å². The molecule has 4 unspecified atom stereocenters. The van der Waals surface area contributed by atoms with E-state index in [4.69, 9.17) is 21.7 Å². The minimum Gasteiger partial charge on any atom is -0.480 e. The Kier molecular flexibility index (Phi) is 11.5. The molecule has 0 aromatic rings. The summed E-state index contributed by atoms with van der Waals surface area (Å²) >= 11 is 2.13. The minimum atomic E-state index is -1.16. The number of thioether (sulfide) groups is 2. The Bertz CT molecular complexity index is 766. The zero-order valence-electron chi connectivity index (χ0n) is 18.0. The first-order valence-corrected chi connectivity index (χ1v) is 14.7. The van der Waals surface area contributed by atoms with E-state index in [-0.39, 0.29) is 61.1 Å². The lowest BCUT2D eigenvalue weighted by Crippen LogP contribution is -2.35. The molecule has 0 aromatic heterocycles. The molecule has 0 radical (unpaired) electrons. The second kappa shape index (κ2) is 13.6. The van der Waals surface area contributed by atoms with Crippen molar-refractivity contribution in [2.24, 2.45) is 11.5 Å². The number of likely N-dealkylation sites (tertiary alicyclic amines) is 2. The van der Waals surface area contributed by atoms with Gasteiger partial charge in [0.1, 0.15) is 12.1 Å². The predicted octanol–water partition coefficient (Wildman–Crippen LogP) is -1.09. The van der Waals surface area contributed by atoms with Gasteiger partial charge in [0.15, 0.2) is 0 Å². The molecule has 4 amide bonds. The molecule has 2 aliphatic heterocycles. The van der Waals surface area contributed by atoms with Crippen LogP contribution in [0.2, 0.25) is 0 Å². The molecule has 0 aliphatic carbocycles. The largest absolute Gasteiger partial charge is 0.480 e. The number of nitrogens with zero attached hydrogens (tertiary/aromatic N) is 2. The maximum absolute atomic E-state index is 12.4. The Hall–Kier alpha value is -1.46. The zero-order chi connectivity index (χ0) is 25.4. The zero-order valence-corrected chi connectivity index (χ0v) is 21.3. The van der Waals surface area contributed by atoms with Crippen LogP contribution in [-0.2, 0) is 28.8 Å². The van der Waals surface area contributed by atoms with Crippen molar-refractivity contribution in [3.8, 4) is 0 Å². The van der Waals surface area contributed by atoms with Crippen molar-refractivity contribution in [2.75, 3.05) is 36.1 Å². The Morgan fingerprint density at radius 1 is 0.794 bits per heavy atom. The highest BCUT2D eigenvalue weighted by atomic mass is 33.1. The summed E-state index contributed by atoms with van der Waals surface area (Å²) in [5.74, 6) is -2.65. The summed E-state index contributed by atoms with van der Waals surface area (Å²) in [4.78, 5) is 72.9. The van der Waals surface area contributed by atoms with E-state index in [1.807, 2.05) is 0 Å². The van der Waals surface area contributed by atoms with E-state index in [0.717, 1.165) is 33.3 Å². The van der Waals surface area contributed by atoms with Crippen molar-refractivity contribution in [3.63, 3.8) is 0 Å². The molecule has 2 rings (SSSR count). The fraction of sp³-hybridized carbons (Fsp3) is 0.667. The van der Waals surface area contributed by atoms with Gasteiger partial charge in [-0.05, 0) is 0 Å². The van der Waals surface area contributed by atoms with E-state index in [9.17, 15) is 28.8 Å². The summed E-state index contributed by atoms with van der Waals surface area (Å²) in [6.45, 7) is 0.420. The first kappa shape index (κ1) is 28.8. The molecule has 2 aliphatic rings. The molecule has 2 heterocycles. The highest BCUT2D eigenvalue weighted by Crippen LogP contribution is 2.29. The van der Waals surface area contributed by atoms with Crippen LogP contribution in [0.5, 0.6) is 0 Å². The van der Waals surface area contributed by atoms with Crippen molar-refractivity contribution < 1.29 is 39.0 Å². The molecule has 0 spiro atoms. The van der Waals surface area contributed by atoms with Crippen LogP contribution in [0.4, 0.5) is 0 Å². The molecule has 190 valence electrons. The number of nitrogens with two attached hydrogens (primary N) is 2. The van der Waals surface area contributed by atoms with Crippen molar-refractivity contribution >= 4 is 80.7 Å². The molecule has 0 bridgehead atoms. The van der Waals surface area contributed by atoms with E-state index in [0.29, 0.717) is 11.5 Å². The molecular weight excluding hydrogens is 528 g/mol. The third-order valence-corrected chi connectivity index (χ3v) is 9.88. The maximum atomic E-state index is 12.4. The lowest BCUT2D eigenvalue weighted by molar-refractivity contribution is -0.139. The van der Waals surface area contributed by atoms with E-state index >= 15 is 0 Å². The number of carboxylic acids is 2. The van der Waals surface area contributed by atoms with Crippen LogP contribution in [0.25, 0.3) is 0 Å². The second-order valence-electron chi connectivity index (χ2n) is 7.35. The summed E-state index contributed by atoms with van der Waals surface area (Å²) in [6, 6.07) is -2.20. The molecule has 2 saturated heterocycles. The smallest absolute Gasteiger partial charge is 0.321 e. The van der Waals surface area contributed by atoms with Gasteiger partial charge < -0.3 is 21.7 Å². The molecule has 12 nitrogen and oxygen atoms in total. The summed E-state index contributed by atoms with van der Waals surface area (Å²) in [6.07, 6.45) is 0.0345. The quantitative estimate of drug-likeness (QED) is 0.108. The van der Waals surface area contributed by atoms with Crippen LogP contribution < -0.4 is 11.5 Å². The van der Waals surface area contributed by atoms with Crippen LogP contribution in [0.3, 0.4) is 0 Å². The van der Waals surface area contributed by atoms with E-state index in [1.165, 1.54) is 21.6 Å². The summed E-state index contributed by atoms with van der Waals surface area (Å²) in [7, 11) is 2.80. The van der Waals surface area contributed by atoms with E-state index in [1.54, 1.807) is 0 Å². The minimum absolute atomic E-state index is 0.0172. The number of hydrogen-bond acceptors (Lipinski definition) is 12. The average Bonchev–Trinajstić information content (AvgIpc) is 3.21. The molecule has 4 atom stereocenters. The molecule has 16 heteroatoms. The lowest BCUT2D eigenvalue weighted by Gasteiger charge is -2.16. The van der Waals surface area contributed by atoms with Crippen LogP contribution in [0.1, 0.15) is 12.8 Å². The number of carboxylic acid groups (broad SMARTS) is 2. The number of rotatable bonds is 15. The van der Waals surface area contributed by atoms with Gasteiger partial charge in [-0.25, -0.2) is 0 Å². The SMILES string of the molecule is NC(CSC1CC(=O)N(CCSSCCN2C(=O)CC(SCC(N)C(=O)O)C2=O)C1=O)C(=O)O. The predicted molar refractivity (Wildman–Crippen MR) is 131 cm³/mol. The number of amides is 4. The second-order valence-corrected chi connectivity index (χ2v) is 12.5. The number of aliphatic carboxylic acids is 2. The van der Waals surface area contributed by atoms with Gasteiger partial charge >= 0.3 is 11.9 Å².